The highest BCUT2D eigenvalue weighted by Gasteiger charge is 2.08. The minimum absolute atomic E-state index is 0.431. The predicted molar refractivity (Wildman–Crippen MR) is 62.6 cm³/mol. The molecule has 0 aliphatic rings. The number of aryl methyl sites for hydroxylation is 1. The highest BCUT2D eigenvalue weighted by atomic mass is 35.5. The summed E-state index contributed by atoms with van der Waals surface area (Å²) in [5.74, 6) is 1.62. The van der Waals surface area contributed by atoms with Gasteiger partial charge in [0.1, 0.15) is 5.82 Å². The Balaban J connectivity index is 2.57. The Bertz CT molecular complexity index is 340. The van der Waals surface area contributed by atoms with E-state index in [0.717, 1.165) is 31.6 Å². The molecule has 86 valence electrons. The predicted octanol–water partition coefficient (Wildman–Crippen LogP) is 1.65. The van der Waals surface area contributed by atoms with Gasteiger partial charge in [-0.1, -0.05) is 6.92 Å². The molecule has 1 aromatic rings. The van der Waals surface area contributed by atoms with E-state index in [-0.39, 0.29) is 0 Å². The molecule has 0 spiro atoms. The molecule has 0 saturated heterocycles. The van der Waals surface area contributed by atoms with Crippen LogP contribution in [0.3, 0.4) is 0 Å². The average Bonchev–Trinajstić information content (AvgIpc) is 2.50. The molecule has 1 heterocycles. The third kappa shape index (κ3) is 3.91. The van der Waals surface area contributed by atoms with Crippen molar-refractivity contribution in [1.29, 1.82) is 0 Å². The lowest BCUT2D eigenvalue weighted by Gasteiger charge is -2.05. The molecular weight excluding hydrogens is 234 g/mol. The molecule has 0 fully saturated rings. The molecule has 4 nitrogen and oxygen atoms in total. The molecule has 1 unspecified atom stereocenters. The van der Waals surface area contributed by atoms with Gasteiger partial charge in [0.2, 0.25) is 5.28 Å². The maximum absolute atomic E-state index is 10.9. The fourth-order valence-electron chi connectivity index (χ4n) is 1.37. The van der Waals surface area contributed by atoms with Crippen molar-refractivity contribution in [2.45, 2.75) is 32.7 Å². The van der Waals surface area contributed by atoms with Crippen LogP contribution in [0.5, 0.6) is 0 Å². The van der Waals surface area contributed by atoms with Crippen LogP contribution in [0.25, 0.3) is 0 Å². The summed E-state index contributed by atoms with van der Waals surface area (Å²) in [6.45, 7) is 2.84. The van der Waals surface area contributed by atoms with E-state index < -0.39 is 10.8 Å². The second kappa shape index (κ2) is 6.23. The fraction of sp³-hybridized carbons (Fsp3) is 0.778. The van der Waals surface area contributed by atoms with Crippen molar-refractivity contribution >= 4 is 22.4 Å². The lowest BCUT2D eigenvalue weighted by atomic mass is 10.3. The summed E-state index contributed by atoms with van der Waals surface area (Å²) in [5.41, 5.74) is 0. The Morgan fingerprint density at radius 3 is 2.80 bits per heavy atom. The molecule has 0 amide bonds. The number of rotatable bonds is 6. The zero-order valence-electron chi connectivity index (χ0n) is 9.07. The quantitative estimate of drug-likeness (QED) is 0.770. The zero-order chi connectivity index (χ0) is 11.3. The largest absolute Gasteiger partial charge is 0.302 e. The maximum Gasteiger partial charge on any atom is 0.225 e. The Morgan fingerprint density at radius 2 is 2.20 bits per heavy atom. The molecule has 0 aliphatic carbocycles. The van der Waals surface area contributed by atoms with Gasteiger partial charge in [0, 0.05) is 35.8 Å². The number of hydrogen-bond acceptors (Lipinski definition) is 3. The van der Waals surface area contributed by atoms with Gasteiger partial charge in [-0.2, -0.15) is 0 Å². The van der Waals surface area contributed by atoms with Crippen LogP contribution in [-0.2, 0) is 23.8 Å². The van der Waals surface area contributed by atoms with E-state index in [1.165, 1.54) is 0 Å². The normalized spacial score (nSPS) is 13.0. The van der Waals surface area contributed by atoms with E-state index in [4.69, 9.17) is 11.6 Å². The van der Waals surface area contributed by atoms with E-state index in [9.17, 15) is 4.21 Å². The molecule has 1 atom stereocenters. The second-order valence-corrected chi connectivity index (χ2v) is 5.31. The smallest absolute Gasteiger partial charge is 0.225 e. The highest BCUT2D eigenvalue weighted by Crippen LogP contribution is 2.10. The van der Waals surface area contributed by atoms with Crippen molar-refractivity contribution in [3.05, 3.63) is 11.1 Å². The molecule has 0 N–H and O–H groups in total. The number of halogens is 1. The first-order valence-electron chi connectivity index (χ1n) is 5.02. The average molecular weight is 250 g/mol. The van der Waals surface area contributed by atoms with Crippen LogP contribution < -0.4 is 0 Å². The Kier molecular flexibility index (Phi) is 5.25. The van der Waals surface area contributed by atoms with Gasteiger partial charge in [-0.3, -0.25) is 4.21 Å². The van der Waals surface area contributed by atoms with Crippen molar-refractivity contribution in [2.75, 3.05) is 12.0 Å². The first-order chi connectivity index (χ1) is 7.15. The highest BCUT2D eigenvalue weighted by molar-refractivity contribution is 7.84. The number of hydrogen-bond donors (Lipinski definition) is 0. The van der Waals surface area contributed by atoms with Crippen LogP contribution in [0, 0.1) is 0 Å². The Morgan fingerprint density at radius 1 is 1.47 bits per heavy atom. The van der Waals surface area contributed by atoms with Crippen molar-refractivity contribution < 1.29 is 4.21 Å². The van der Waals surface area contributed by atoms with Gasteiger partial charge in [0.05, 0.1) is 0 Å². The number of aromatic nitrogens is 3. The zero-order valence-corrected chi connectivity index (χ0v) is 10.6. The minimum Gasteiger partial charge on any atom is -0.302 e. The molecular formula is C9H16ClN3OS. The third-order valence-electron chi connectivity index (χ3n) is 2.07. The first kappa shape index (κ1) is 12.6. The van der Waals surface area contributed by atoms with Crippen LogP contribution in [0.15, 0.2) is 0 Å². The summed E-state index contributed by atoms with van der Waals surface area (Å²) in [4.78, 5) is 0. The van der Waals surface area contributed by atoms with Gasteiger partial charge in [-0.15, -0.1) is 10.2 Å². The second-order valence-electron chi connectivity index (χ2n) is 3.42. The lowest BCUT2D eigenvalue weighted by molar-refractivity contribution is 0.627. The number of nitrogens with zero attached hydrogens (tertiary/aromatic N) is 3. The monoisotopic (exact) mass is 249 g/mol. The van der Waals surface area contributed by atoms with Gasteiger partial charge in [-0.25, -0.2) is 0 Å². The molecule has 6 heteroatoms. The van der Waals surface area contributed by atoms with Crippen LogP contribution in [-0.4, -0.2) is 31.0 Å². The van der Waals surface area contributed by atoms with Gasteiger partial charge < -0.3 is 4.57 Å². The molecule has 0 saturated carbocycles. The van der Waals surface area contributed by atoms with Gasteiger partial charge in [0.25, 0.3) is 0 Å². The molecule has 0 aromatic carbocycles. The summed E-state index contributed by atoms with van der Waals surface area (Å²) in [5, 5.41) is 8.27. The van der Waals surface area contributed by atoms with E-state index in [1.807, 2.05) is 4.57 Å². The van der Waals surface area contributed by atoms with Crippen LogP contribution in [0.1, 0.15) is 25.6 Å². The van der Waals surface area contributed by atoms with E-state index in [0.29, 0.717) is 11.0 Å². The van der Waals surface area contributed by atoms with Gasteiger partial charge in [-0.05, 0) is 24.4 Å². The Labute approximate surface area is 97.5 Å². The van der Waals surface area contributed by atoms with Gasteiger partial charge in [0.15, 0.2) is 0 Å². The summed E-state index contributed by atoms with van der Waals surface area (Å²) < 4.78 is 12.8. The molecule has 0 bridgehead atoms. The maximum atomic E-state index is 10.9. The van der Waals surface area contributed by atoms with E-state index in [1.54, 1.807) is 6.26 Å². The van der Waals surface area contributed by atoms with E-state index >= 15 is 0 Å². The third-order valence-corrected chi connectivity index (χ3v) is 3.21. The minimum atomic E-state index is -0.741. The van der Waals surface area contributed by atoms with Gasteiger partial charge >= 0.3 is 0 Å². The van der Waals surface area contributed by atoms with Crippen LogP contribution in [0.4, 0.5) is 0 Å². The van der Waals surface area contributed by atoms with E-state index in [2.05, 4.69) is 17.1 Å². The van der Waals surface area contributed by atoms with Crippen molar-refractivity contribution in [3.8, 4) is 0 Å². The van der Waals surface area contributed by atoms with Crippen molar-refractivity contribution in [3.63, 3.8) is 0 Å². The summed E-state index contributed by atoms with van der Waals surface area (Å²) in [6, 6.07) is 0. The molecule has 15 heavy (non-hydrogen) atoms. The topological polar surface area (TPSA) is 47.8 Å². The van der Waals surface area contributed by atoms with Crippen molar-refractivity contribution in [1.82, 2.24) is 14.8 Å². The molecule has 1 aromatic heterocycles. The van der Waals surface area contributed by atoms with Crippen LogP contribution in [0.2, 0.25) is 5.28 Å². The molecule has 1 rings (SSSR count). The molecule has 0 radical (unpaired) electrons. The summed E-state index contributed by atoms with van der Waals surface area (Å²) >= 11 is 5.91. The van der Waals surface area contributed by atoms with Crippen LogP contribution >= 0.6 is 11.6 Å². The SMILES string of the molecule is CCCc1nnc(Cl)n1CCCS(C)=O. The molecule has 0 aliphatic heterocycles. The fourth-order valence-corrected chi connectivity index (χ4v) is 2.12. The first-order valence-corrected chi connectivity index (χ1v) is 7.13. The Hall–Kier alpha value is -0.420. The standard InChI is InChI=1S/C9H16ClN3OS/c1-3-5-8-11-12-9(10)13(8)6-4-7-15(2)14/h3-7H2,1-2H3. The lowest BCUT2D eigenvalue weighted by Crippen LogP contribution is -2.07. The van der Waals surface area contributed by atoms with Crippen molar-refractivity contribution in [2.24, 2.45) is 0 Å². The summed E-state index contributed by atoms with van der Waals surface area (Å²) in [7, 11) is -0.741. The summed E-state index contributed by atoms with van der Waals surface area (Å²) in [6.07, 6.45) is 4.46.